The Kier molecular flexibility index (Phi) is 10.6. The zero-order valence-corrected chi connectivity index (χ0v) is 29.8. The highest BCUT2D eigenvalue weighted by Gasteiger charge is 2.56. The maximum Gasteiger partial charge on any atom is 0.230 e. The van der Waals surface area contributed by atoms with E-state index in [2.05, 4.69) is 21.3 Å². The molecular formula is C37H30F15N5O2. The molecule has 0 aliphatic carbocycles. The van der Waals surface area contributed by atoms with Crippen LogP contribution in [0.15, 0.2) is 0 Å². The predicted octanol–water partition coefficient (Wildman–Crippen LogP) is 7.18. The minimum absolute atomic E-state index is 0.00827. The van der Waals surface area contributed by atoms with E-state index in [4.69, 9.17) is 0 Å². The van der Waals surface area contributed by atoms with Gasteiger partial charge in [0.05, 0.1) is 6.04 Å². The molecule has 3 aromatic rings. The fourth-order valence-corrected chi connectivity index (χ4v) is 10.5. The highest BCUT2D eigenvalue weighted by Crippen LogP contribution is 2.48. The molecule has 0 aromatic heterocycles. The van der Waals surface area contributed by atoms with Gasteiger partial charge in [0, 0.05) is 88.1 Å². The monoisotopic (exact) mass is 861 g/mol. The first-order chi connectivity index (χ1) is 27.8. The fraction of sp³-hybridized carbons (Fsp3) is 0.514. The second kappa shape index (κ2) is 15.1. The van der Waals surface area contributed by atoms with Gasteiger partial charge >= 0.3 is 0 Å². The van der Waals surface area contributed by atoms with Gasteiger partial charge in [0.25, 0.3) is 0 Å². The first-order valence-corrected chi connectivity index (χ1v) is 18.6. The van der Waals surface area contributed by atoms with Crippen LogP contribution in [0.1, 0.15) is 79.4 Å². The Bertz CT molecular complexity index is 2160. The maximum absolute atomic E-state index is 15.8. The van der Waals surface area contributed by atoms with Crippen LogP contribution in [0, 0.1) is 97.4 Å². The van der Waals surface area contributed by atoms with Crippen molar-refractivity contribution in [2.75, 3.05) is 0 Å². The zero-order valence-electron chi connectivity index (χ0n) is 29.8. The fourth-order valence-electron chi connectivity index (χ4n) is 10.5. The van der Waals surface area contributed by atoms with Crippen LogP contribution in [0.5, 0.6) is 0 Å². The number of hydrogen-bond acceptors (Lipinski definition) is 6. The van der Waals surface area contributed by atoms with E-state index < -0.39 is 187 Å². The average molecular weight is 862 g/mol. The minimum atomic E-state index is -2.54. The van der Waals surface area contributed by atoms with Gasteiger partial charge in [-0.1, -0.05) is 0 Å². The van der Waals surface area contributed by atoms with E-state index in [-0.39, 0.29) is 38.5 Å². The van der Waals surface area contributed by atoms with E-state index in [0.717, 1.165) is 0 Å². The van der Waals surface area contributed by atoms with E-state index in [0.29, 0.717) is 0 Å². The van der Waals surface area contributed by atoms with Gasteiger partial charge < -0.3 is 21.3 Å². The summed E-state index contributed by atoms with van der Waals surface area (Å²) < 4.78 is 226. The second-order valence-electron chi connectivity index (χ2n) is 15.8. The minimum Gasteiger partial charge on any atom is -0.310 e. The number of nitro groups is 1. The molecule has 5 aliphatic heterocycles. The zero-order chi connectivity index (χ0) is 42.7. The molecule has 22 heteroatoms. The van der Waals surface area contributed by atoms with E-state index in [1.807, 2.05) is 0 Å². The Balaban J connectivity index is 1.34. The van der Waals surface area contributed by atoms with Crippen LogP contribution < -0.4 is 21.3 Å². The Labute approximate surface area is 323 Å². The van der Waals surface area contributed by atoms with Crippen molar-refractivity contribution in [1.29, 1.82) is 0 Å². The summed E-state index contributed by atoms with van der Waals surface area (Å²) in [5.41, 5.74) is -4.20. The topological polar surface area (TPSA) is 91.3 Å². The molecule has 0 amide bonds. The van der Waals surface area contributed by atoms with Gasteiger partial charge in [-0.05, 0) is 38.5 Å². The first kappa shape index (κ1) is 41.6. The number of fused-ring (bicyclic) bond motifs is 9. The molecule has 5 aliphatic rings. The standard InChI is InChI=1S/C37H30F15N5O2/c38-22-19(23(39)29(45)34(50)28(22)44)16-9-2-1-8(53-9)14-7-15(57(58)59)37(56-14)18(21-26(42)32(48)36(52)33(49)27(21)43)13-6-5-12(55-13)17(11-4-3-10(16)54-11)20-24(40)30(46)35(51)31(47)25(20)41/h8-18,37,53-56H,1-7H2. The van der Waals surface area contributed by atoms with Gasteiger partial charge in [0.1, 0.15) is 0 Å². The Morgan fingerprint density at radius 1 is 0.356 bits per heavy atom. The summed E-state index contributed by atoms with van der Waals surface area (Å²) in [6.07, 6.45) is -1.91. The molecule has 4 N–H and O–H groups in total. The molecule has 59 heavy (non-hydrogen) atoms. The van der Waals surface area contributed by atoms with Crippen LogP contribution in [-0.2, 0) is 0 Å². The third-order valence-electron chi connectivity index (χ3n) is 13.0. The van der Waals surface area contributed by atoms with E-state index in [9.17, 15) is 49.6 Å². The molecule has 0 radical (unpaired) electrons. The highest BCUT2D eigenvalue weighted by molar-refractivity contribution is 5.36. The lowest BCUT2D eigenvalue weighted by atomic mass is 9.81. The summed E-state index contributed by atoms with van der Waals surface area (Å²) in [5.74, 6) is -41.1. The molecule has 5 fully saturated rings. The summed E-state index contributed by atoms with van der Waals surface area (Å²) in [6, 6.07) is -12.7. The van der Waals surface area contributed by atoms with Crippen LogP contribution in [0.25, 0.3) is 0 Å². The van der Waals surface area contributed by atoms with Crippen molar-refractivity contribution >= 4 is 0 Å². The summed E-state index contributed by atoms with van der Waals surface area (Å²) >= 11 is 0. The van der Waals surface area contributed by atoms with Crippen LogP contribution in [0.2, 0.25) is 0 Å². The third-order valence-corrected chi connectivity index (χ3v) is 13.0. The largest absolute Gasteiger partial charge is 0.310 e. The predicted molar refractivity (Wildman–Crippen MR) is 173 cm³/mol. The second-order valence-corrected chi connectivity index (χ2v) is 15.8. The number of benzene rings is 3. The molecule has 12 atom stereocenters. The quantitative estimate of drug-likeness (QED) is 0.0732. The Morgan fingerprint density at radius 3 is 0.932 bits per heavy atom. The highest BCUT2D eigenvalue weighted by atomic mass is 19.2. The van der Waals surface area contributed by atoms with Gasteiger partial charge in [0.2, 0.25) is 23.5 Å². The van der Waals surface area contributed by atoms with Crippen molar-refractivity contribution < 1.29 is 70.8 Å². The number of nitrogens with zero attached hydrogens (tertiary/aromatic N) is 1. The van der Waals surface area contributed by atoms with Crippen molar-refractivity contribution in [2.24, 2.45) is 0 Å². The van der Waals surface area contributed by atoms with Gasteiger partial charge in [-0.2, -0.15) is 0 Å². The van der Waals surface area contributed by atoms with Crippen molar-refractivity contribution in [3.05, 3.63) is 114 Å². The summed E-state index contributed by atoms with van der Waals surface area (Å²) in [7, 11) is 0. The summed E-state index contributed by atoms with van der Waals surface area (Å²) in [4.78, 5) is 11.8. The SMILES string of the molecule is O=[N+]([O-])C1CC2NC1C(c1c(F)c(F)c(F)c(F)c1F)C1CCC(N1)C(c1c(F)c(F)c(F)c(F)c1F)C1CCC(N1)C(c1c(F)c(F)c(F)c(F)c1F)C1CCC2N1. The van der Waals surface area contributed by atoms with Crippen LogP contribution in [-0.4, -0.2) is 59.3 Å². The third kappa shape index (κ3) is 6.36. The van der Waals surface area contributed by atoms with Gasteiger partial charge in [-0.15, -0.1) is 0 Å². The average Bonchev–Trinajstić information content (AvgIpc) is 4.05. The molecule has 0 saturated carbocycles. The van der Waals surface area contributed by atoms with Crippen LogP contribution in [0.4, 0.5) is 65.9 Å². The number of halogens is 15. The normalized spacial score (nSPS) is 33.1. The molecular weight excluding hydrogens is 831 g/mol. The lowest BCUT2D eigenvalue weighted by Crippen LogP contribution is -2.52. The lowest BCUT2D eigenvalue weighted by Gasteiger charge is -2.36. The molecule has 5 heterocycles. The Morgan fingerprint density at radius 2 is 0.610 bits per heavy atom. The lowest BCUT2D eigenvalue weighted by molar-refractivity contribution is -0.524. The number of rotatable bonds is 4. The first-order valence-electron chi connectivity index (χ1n) is 18.6. The maximum atomic E-state index is 15.8. The van der Waals surface area contributed by atoms with E-state index in [1.54, 1.807) is 0 Å². The number of hydrogen-bond donors (Lipinski definition) is 4. The van der Waals surface area contributed by atoms with Crippen molar-refractivity contribution in [2.45, 2.75) is 117 Å². The molecule has 0 spiro atoms. The van der Waals surface area contributed by atoms with Crippen molar-refractivity contribution in [1.82, 2.24) is 21.3 Å². The van der Waals surface area contributed by atoms with Gasteiger partial charge in [0.15, 0.2) is 69.8 Å². The Hall–Kier alpha value is -4.15. The molecule has 12 unspecified atom stereocenters. The van der Waals surface area contributed by atoms with Crippen LogP contribution in [0.3, 0.4) is 0 Å². The molecule has 3 aromatic carbocycles. The van der Waals surface area contributed by atoms with Gasteiger partial charge in [-0.25, -0.2) is 65.9 Å². The number of nitrogens with one attached hydrogen (secondary N) is 4. The van der Waals surface area contributed by atoms with Crippen molar-refractivity contribution in [3.8, 4) is 0 Å². The van der Waals surface area contributed by atoms with E-state index >= 15 is 26.3 Å². The van der Waals surface area contributed by atoms with Gasteiger partial charge in [-0.3, -0.25) is 10.1 Å². The summed E-state index contributed by atoms with van der Waals surface area (Å²) in [6.45, 7) is 0. The van der Waals surface area contributed by atoms with Crippen LogP contribution >= 0.6 is 0 Å². The molecule has 7 nitrogen and oxygen atoms in total. The summed E-state index contributed by atoms with van der Waals surface area (Å²) in [5, 5.41) is 24.2. The van der Waals surface area contributed by atoms with Crippen molar-refractivity contribution in [3.63, 3.8) is 0 Å². The smallest absolute Gasteiger partial charge is 0.230 e. The molecule has 320 valence electrons. The van der Waals surface area contributed by atoms with E-state index in [1.165, 1.54) is 0 Å². The molecule has 5 saturated heterocycles. The molecule has 8 bridgehead atoms. The molecule has 8 rings (SSSR count).